The van der Waals surface area contributed by atoms with Crippen LogP contribution in [0.5, 0.6) is 0 Å². The molecule has 0 fully saturated rings. The van der Waals surface area contributed by atoms with Crippen LogP contribution in [0.25, 0.3) is 10.9 Å². The second-order valence-electron chi connectivity index (χ2n) is 2.87. The van der Waals surface area contributed by atoms with Gasteiger partial charge in [-0.05, 0) is 19.1 Å². The molecular weight excluding hydrogens is 179 g/mol. The fraction of sp³-hybridized carbons (Fsp3) is 0.364. The Hall–Kier alpha value is -1.38. The van der Waals surface area contributed by atoms with Gasteiger partial charge < -0.3 is 0 Å². The molecule has 0 aliphatic rings. The van der Waals surface area contributed by atoms with Crippen molar-refractivity contribution in [2.45, 2.75) is 20.8 Å². The summed E-state index contributed by atoms with van der Waals surface area (Å²) in [6, 6.07) is 4.66. The standard InChI is InChI=1S/C9H9FN2.C2H6/c1-6-8-4-3-7(10)5-9(8)11-12(6)2;1-2/h3-5H,1-2H3;1-2H3. The molecular formula is C11H15FN2. The van der Waals surface area contributed by atoms with Crippen molar-refractivity contribution in [1.29, 1.82) is 0 Å². The van der Waals surface area contributed by atoms with Crippen molar-refractivity contribution in [2.75, 3.05) is 0 Å². The van der Waals surface area contributed by atoms with E-state index in [2.05, 4.69) is 5.10 Å². The Balaban J connectivity index is 0.000000461. The molecule has 0 unspecified atom stereocenters. The molecule has 2 nitrogen and oxygen atoms in total. The van der Waals surface area contributed by atoms with Gasteiger partial charge in [0, 0.05) is 24.2 Å². The first kappa shape index (κ1) is 10.7. The lowest BCUT2D eigenvalue weighted by Gasteiger charge is -1.90. The molecule has 76 valence electrons. The molecule has 1 heterocycles. The molecule has 0 saturated heterocycles. The maximum Gasteiger partial charge on any atom is 0.125 e. The number of hydrogen-bond donors (Lipinski definition) is 0. The Bertz CT molecular complexity index is 432. The minimum absolute atomic E-state index is 0.236. The molecule has 0 saturated carbocycles. The van der Waals surface area contributed by atoms with Crippen LogP contribution in [0, 0.1) is 12.7 Å². The SMILES string of the molecule is CC.Cc1c2ccc(F)cc2nn1C. The summed E-state index contributed by atoms with van der Waals surface area (Å²) in [6.07, 6.45) is 0. The summed E-state index contributed by atoms with van der Waals surface area (Å²) in [4.78, 5) is 0. The number of benzene rings is 1. The fourth-order valence-corrected chi connectivity index (χ4v) is 1.30. The smallest absolute Gasteiger partial charge is 0.125 e. The topological polar surface area (TPSA) is 17.8 Å². The van der Waals surface area contributed by atoms with Gasteiger partial charge in [0.25, 0.3) is 0 Å². The van der Waals surface area contributed by atoms with Crippen LogP contribution in [-0.4, -0.2) is 9.78 Å². The van der Waals surface area contributed by atoms with Crippen LogP contribution in [0.15, 0.2) is 18.2 Å². The predicted octanol–water partition coefficient (Wildman–Crippen LogP) is 3.05. The van der Waals surface area contributed by atoms with Crippen molar-refractivity contribution in [2.24, 2.45) is 7.05 Å². The van der Waals surface area contributed by atoms with E-state index in [1.54, 1.807) is 10.7 Å². The van der Waals surface area contributed by atoms with Gasteiger partial charge in [0.2, 0.25) is 0 Å². The Morgan fingerprint density at radius 3 is 2.57 bits per heavy atom. The highest BCUT2D eigenvalue weighted by molar-refractivity contribution is 5.81. The molecule has 0 spiro atoms. The number of rotatable bonds is 0. The highest BCUT2D eigenvalue weighted by atomic mass is 19.1. The van der Waals surface area contributed by atoms with E-state index in [0.29, 0.717) is 0 Å². The van der Waals surface area contributed by atoms with Crippen LogP contribution in [0.2, 0.25) is 0 Å². The predicted molar refractivity (Wildman–Crippen MR) is 56.8 cm³/mol. The summed E-state index contributed by atoms with van der Waals surface area (Å²) >= 11 is 0. The van der Waals surface area contributed by atoms with Gasteiger partial charge in [0.1, 0.15) is 5.82 Å². The quantitative estimate of drug-likeness (QED) is 0.630. The number of aryl methyl sites for hydroxylation is 2. The Labute approximate surface area is 83.4 Å². The Morgan fingerprint density at radius 1 is 1.29 bits per heavy atom. The molecule has 2 rings (SSSR count). The lowest BCUT2D eigenvalue weighted by molar-refractivity contribution is 0.629. The molecule has 0 aliphatic heterocycles. The monoisotopic (exact) mass is 194 g/mol. The van der Waals surface area contributed by atoms with E-state index in [4.69, 9.17) is 0 Å². The number of fused-ring (bicyclic) bond motifs is 1. The molecule has 2 aromatic rings. The molecule has 0 amide bonds. The summed E-state index contributed by atoms with van der Waals surface area (Å²) in [5.41, 5.74) is 1.78. The zero-order valence-corrected chi connectivity index (χ0v) is 9.00. The zero-order chi connectivity index (χ0) is 10.7. The average molecular weight is 194 g/mol. The van der Waals surface area contributed by atoms with Crippen LogP contribution in [0.4, 0.5) is 4.39 Å². The molecule has 0 aliphatic carbocycles. The molecule has 0 bridgehead atoms. The van der Waals surface area contributed by atoms with Crippen LogP contribution in [0.3, 0.4) is 0 Å². The van der Waals surface area contributed by atoms with Gasteiger partial charge in [-0.2, -0.15) is 5.10 Å². The maximum absolute atomic E-state index is 12.7. The normalized spacial score (nSPS) is 9.79. The third kappa shape index (κ3) is 1.76. The number of aromatic nitrogens is 2. The number of hydrogen-bond acceptors (Lipinski definition) is 1. The highest BCUT2D eigenvalue weighted by Crippen LogP contribution is 2.17. The van der Waals surface area contributed by atoms with E-state index in [9.17, 15) is 4.39 Å². The van der Waals surface area contributed by atoms with Gasteiger partial charge in [-0.1, -0.05) is 13.8 Å². The largest absolute Gasteiger partial charge is 0.272 e. The average Bonchev–Trinajstić information content (AvgIpc) is 2.45. The van der Waals surface area contributed by atoms with Crippen molar-refractivity contribution < 1.29 is 4.39 Å². The zero-order valence-electron chi connectivity index (χ0n) is 9.00. The lowest BCUT2D eigenvalue weighted by Crippen LogP contribution is -1.91. The van der Waals surface area contributed by atoms with Crippen LogP contribution in [0.1, 0.15) is 19.5 Å². The number of nitrogens with zero attached hydrogens (tertiary/aromatic N) is 2. The van der Waals surface area contributed by atoms with E-state index in [1.807, 2.05) is 27.8 Å². The van der Waals surface area contributed by atoms with Gasteiger partial charge in [-0.15, -0.1) is 0 Å². The van der Waals surface area contributed by atoms with E-state index in [1.165, 1.54) is 12.1 Å². The molecule has 1 aromatic carbocycles. The first-order chi connectivity index (χ1) is 6.68. The van der Waals surface area contributed by atoms with E-state index < -0.39 is 0 Å². The van der Waals surface area contributed by atoms with Crippen molar-refractivity contribution in [3.8, 4) is 0 Å². The molecule has 0 radical (unpaired) electrons. The maximum atomic E-state index is 12.7. The molecule has 14 heavy (non-hydrogen) atoms. The first-order valence-corrected chi connectivity index (χ1v) is 4.77. The number of halogens is 1. The third-order valence-corrected chi connectivity index (χ3v) is 2.09. The molecule has 0 atom stereocenters. The van der Waals surface area contributed by atoms with Crippen molar-refractivity contribution >= 4 is 10.9 Å². The van der Waals surface area contributed by atoms with E-state index in [-0.39, 0.29) is 5.82 Å². The molecule has 1 aromatic heterocycles. The second kappa shape index (κ2) is 4.22. The minimum atomic E-state index is -0.236. The summed E-state index contributed by atoms with van der Waals surface area (Å²) in [5, 5.41) is 5.16. The van der Waals surface area contributed by atoms with Gasteiger partial charge >= 0.3 is 0 Å². The van der Waals surface area contributed by atoms with E-state index >= 15 is 0 Å². The van der Waals surface area contributed by atoms with Crippen LogP contribution in [-0.2, 0) is 7.05 Å². The van der Waals surface area contributed by atoms with Gasteiger partial charge in [-0.25, -0.2) is 4.39 Å². The lowest BCUT2D eigenvalue weighted by atomic mass is 10.2. The van der Waals surface area contributed by atoms with Gasteiger partial charge in [-0.3, -0.25) is 4.68 Å². The van der Waals surface area contributed by atoms with E-state index in [0.717, 1.165) is 16.6 Å². The van der Waals surface area contributed by atoms with Crippen molar-refractivity contribution in [3.05, 3.63) is 29.7 Å². The van der Waals surface area contributed by atoms with Gasteiger partial charge in [0.05, 0.1) is 5.52 Å². The van der Waals surface area contributed by atoms with Crippen molar-refractivity contribution in [1.82, 2.24) is 9.78 Å². The summed E-state index contributed by atoms with van der Waals surface area (Å²) in [7, 11) is 1.85. The second-order valence-corrected chi connectivity index (χ2v) is 2.87. The third-order valence-electron chi connectivity index (χ3n) is 2.09. The summed E-state index contributed by atoms with van der Waals surface area (Å²) < 4.78 is 14.5. The molecule has 3 heteroatoms. The highest BCUT2D eigenvalue weighted by Gasteiger charge is 2.04. The van der Waals surface area contributed by atoms with Crippen molar-refractivity contribution in [3.63, 3.8) is 0 Å². The summed E-state index contributed by atoms with van der Waals surface area (Å²) in [6.45, 7) is 5.97. The summed E-state index contributed by atoms with van der Waals surface area (Å²) in [5.74, 6) is -0.236. The minimum Gasteiger partial charge on any atom is -0.272 e. The first-order valence-electron chi connectivity index (χ1n) is 4.77. The Kier molecular flexibility index (Phi) is 3.23. The molecule has 0 N–H and O–H groups in total. The van der Waals surface area contributed by atoms with Crippen LogP contribution >= 0.6 is 0 Å². The van der Waals surface area contributed by atoms with Crippen LogP contribution < -0.4 is 0 Å². The fourth-order valence-electron chi connectivity index (χ4n) is 1.30. The van der Waals surface area contributed by atoms with Gasteiger partial charge in [0.15, 0.2) is 0 Å². The Morgan fingerprint density at radius 2 is 1.93 bits per heavy atom.